The first-order valence-electron chi connectivity index (χ1n) is 9.56. The SMILES string of the molecule is O=C(CCC(=O)OCC(O)COc1ccccc1)OCC(O)COc1ccccc1. The highest BCUT2D eigenvalue weighted by Crippen LogP contribution is 2.09. The topological polar surface area (TPSA) is 112 Å². The van der Waals surface area contributed by atoms with E-state index in [2.05, 4.69) is 0 Å². The minimum Gasteiger partial charge on any atom is -0.491 e. The Hall–Kier alpha value is -3.10. The van der Waals surface area contributed by atoms with Gasteiger partial charge in [0.1, 0.15) is 50.1 Å². The number of hydrogen-bond donors (Lipinski definition) is 2. The van der Waals surface area contributed by atoms with Crippen molar-refractivity contribution >= 4 is 11.9 Å². The number of hydrogen-bond acceptors (Lipinski definition) is 8. The largest absolute Gasteiger partial charge is 0.491 e. The molecule has 2 atom stereocenters. The Morgan fingerprint density at radius 1 is 0.633 bits per heavy atom. The van der Waals surface area contributed by atoms with E-state index in [1.54, 1.807) is 48.5 Å². The van der Waals surface area contributed by atoms with Crippen LogP contribution in [0, 0.1) is 0 Å². The van der Waals surface area contributed by atoms with Gasteiger partial charge < -0.3 is 29.2 Å². The predicted octanol–water partition coefficient (Wildman–Crippen LogP) is 1.73. The molecule has 0 aliphatic heterocycles. The van der Waals surface area contributed by atoms with Crippen LogP contribution in [0.3, 0.4) is 0 Å². The molecular formula is C22H26O8. The van der Waals surface area contributed by atoms with E-state index in [9.17, 15) is 19.8 Å². The number of ether oxygens (including phenoxy) is 4. The van der Waals surface area contributed by atoms with Gasteiger partial charge in [0, 0.05) is 0 Å². The molecule has 2 N–H and O–H groups in total. The molecule has 30 heavy (non-hydrogen) atoms. The van der Waals surface area contributed by atoms with Crippen LogP contribution in [0.4, 0.5) is 0 Å². The molecule has 0 spiro atoms. The van der Waals surface area contributed by atoms with Gasteiger partial charge in [-0.15, -0.1) is 0 Å². The second-order valence-corrected chi connectivity index (χ2v) is 6.42. The summed E-state index contributed by atoms with van der Waals surface area (Å²) in [4.78, 5) is 23.3. The van der Waals surface area contributed by atoms with Crippen LogP contribution in [0.2, 0.25) is 0 Å². The summed E-state index contributed by atoms with van der Waals surface area (Å²) in [7, 11) is 0. The fourth-order valence-corrected chi connectivity index (χ4v) is 2.24. The van der Waals surface area contributed by atoms with Crippen molar-refractivity contribution in [3.63, 3.8) is 0 Å². The number of rotatable bonds is 13. The lowest BCUT2D eigenvalue weighted by molar-refractivity contribution is -0.153. The molecule has 162 valence electrons. The third-order valence-corrected chi connectivity index (χ3v) is 3.78. The van der Waals surface area contributed by atoms with Crippen molar-refractivity contribution < 1.29 is 38.7 Å². The standard InChI is InChI=1S/C22H26O8/c23-17(13-27-19-7-3-1-4-8-19)15-29-21(25)11-12-22(26)30-16-18(24)14-28-20-9-5-2-6-10-20/h1-10,17-18,23-24H,11-16H2. The molecule has 0 amide bonds. The van der Waals surface area contributed by atoms with Crippen LogP contribution in [0.25, 0.3) is 0 Å². The molecule has 0 fully saturated rings. The number of benzene rings is 2. The second kappa shape index (κ2) is 13.2. The molecule has 0 bridgehead atoms. The highest BCUT2D eigenvalue weighted by atomic mass is 16.6. The Morgan fingerprint density at radius 2 is 1.00 bits per heavy atom. The number of para-hydroxylation sites is 2. The molecule has 0 saturated heterocycles. The van der Waals surface area contributed by atoms with Gasteiger partial charge in [-0.05, 0) is 24.3 Å². The molecule has 0 saturated carbocycles. The molecule has 8 nitrogen and oxygen atoms in total. The van der Waals surface area contributed by atoms with Crippen molar-refractivity contribution in [3.05, 3.63) is 60.7 Å². The summed E-state index contributed by atoms with van der Waals surface area (Å²) in [6.07, 6.45) is -2.36. The lowest BCUT2D eigenvalue weighted by Gasteiger charge is -2.13. The Labute approximate surface area is 175 Å². The summed E-state index contributed by atoms with van der Waals surface area (Å²) in [5, 5.41) is 19.6. The fourth-order valence-electron chi connectivity index (χ4n) is 2.24. The molecule has 2 unspecified atom stereocenters. The van der Waals surface area contributed by atoms with Crippen LogP contribution < -0.4 is 9.47 Å². The molecular weight excluding hydrogens is 392 g/mol. The van der Waals surface area contributed by atoms with Crippen LogP contribution in [-0.2, 0) is 19.1 Å². The maximum Gasteiger partial charge on any atom is 0.306 e. The average Bonchev–Trinajstić information content (AvgIpc) is 2.78. The molecule has 2 rings (SSSR count). The molecule has 2 aromatic rings. The van der Waals surface area contributed by atoms with Gasteiger partial charge in [-0.1, -0.05) is 36.4 Å². The predicted molar refractivity (Wildman–Crippen MR) is 107 cm³/mol. The Morgan fingerprint density at radius 3 is 1.37 bits per heavy atom. The van der Waals surface area contributed by atoms with Gasteiger partial charge in [0.15, 0.2) is 0 Å². The lowest BCUT2D eigenvalue weighted by atomic mass is 10.3. The van der Waals surface area contributed by atoms with E-state index in [1.165, 1.54) is 0 Å². The summed E-state index contributed by atoms with van der Waals surface area (Å²) < 4.78 is 20.5. The Kier molecular flexibility index (Phi) is 10.2. The van der Waals surface area contributed by atoms with Gasteiger partial charge >= 0.3 is 11.9 Å². The van der Waals surface area contributed by atoms with Crippen molar-refractivity contribution in [1.82, 2.24) is 0 Å². The number of esters is 2. The number of carbonyl (C=O) groups is 2. The summed E-state index contributed by atoms with van der Waals surface area (Å²) in [6.45, 7) is -0.531. The number of carbonyl (C=O) groups excluding carboxylic acids is 2. The summed E-state index contributed by atoms with van der Waals surface area (Å²) in [5.74, 6) is -0.0821. The van der Waals surface area contributed by atoms with Gasteiger partial charge in [0.05, 0.1) is 12.8 Å². The highest BCUT2D eigenvalue weighted by Gasteiger charge is 2.14. The van der Waals surface area contributed by atoms with Crippen LogP contribution in [0.1, 0.15) is 12.8 Å². The maximum atomic E-state index is 11.7. The van der Waals surface area contributed by atoms with Crippen LogP contribution >= 0.6 is 0 Å². The maximum absolute atomic E-state index is 11.7. The zero-order valence-corrected chi connectivity index (χ0v) is 16.5. The van der Waals surface area contributed by atoms with Gasteiger partial charge in [-0.3, -0.25) is 9.59 Å². The van der Waals surface area contributed by atoms with Gasteiger partial charge in [-0.25, -0.2) is 0 Å². The molecule has 0 heterocycles. The normalized spacial score (nSPS) is 12.5. The van der Waals surface area contributed by atoms with Crippen molar-refractivity contribution in [3.8, 4) is 11.5 Å². The smallest absolute Gasteiger partial charge is 0.306 e. The second-order valence-electron chi connectivity index (χ2n) is 6.42. The zero-order valence-electron chi connectivity index (χ0n) is 16.5. The molecule has 0 aliphatic rings. The van der Waals surface area contributed by atoms with E-state index >= 15 is 0 Å². The average molecular weight is 418 g/mol. The summed E-state index contributed by atoms with van der Waals surface area (Å²) in [5.41, 5.74) is 0. The van der Waals surface area contributed by atoms with Crippen LogP contribution in [0.5, 0.6) is 11.5 Å². The van der Waals surface area contributed by atoms with Crippen molar-refractivity contribution in [1.29, 1.82) is 0 Å². The molecule has 8 heteroatoms. The summed E-state index contributed by atoms with van der Waals surface area (Å²) in [6, 6.07) is 17.9. The Bertz CT molecular complexity index is 685. The highest BCUT2D eigenvalue weighted by molar-refractivity contribution is 5.77. The lowest BCUT2D eigenvalue weighted by Crippen LogP contribution is -2.26. The third kappa shape index (κ3) is 9.90. The van der Waals surface area contributed by atoms with Crippen LogP contribution in [-0.4, -0.2) is 60.8 Å². The number of aliphatic hydroxyl groups excluding tert-OH is 2. The Balaban J connectivity index is 1.51. The van der Waals surface area contributed by atoms with Gasteiger partial charge in [-0.2, -0.15) is 0 Å². The van der Waals surface area contributed by atoms with Gasteiger partial charge in [0.25, 0.3) is 0 Å². The van der Waals surface area contributed by atoms with Crippen molar-refractivity contribution in [2.75, 3.05) is 26.4 Å². The molecule has 2 aromatic carbocycles. The fraction of sp³-hybridized carbons (Fsp3) is 0.364. The van der Waals surface area contributed by atoms with E-state index in [0.29, 0.717) is 11.5 Å². The van der Waals surface area contributed by atoms with E-state index in [-0.39, 0.29) is 39.3 Å². The van der Waals surface area contributed by atoms with E-state index in [1.807, 2.05) is 12.1 Å². The van der Waals surface area contributed by atoms with Crippen LogP contribution in [0.15, 0.2) is 60.7 Å². The molecule has 0 aliphatic carbocycles. The summed E-state index contributed by atoms with van der Waals surface area (Å²) >= 11 is 0. The third-order valence-electron chi connectivity index (χ3n) is 3.78. The first kappa shape index (κ1) is 23.2. The van der Waals surface area contributed by atoms with E-state index < -0.39 is 24.1 Å². The minimum atomic E-state index is -0.985. The van der Waals surface area contributed by atoms with E-state index in [0.717, 1.165) is 0 Å². The quantitative estimate of drug-likeness (QED) is 0.473. The molecule has 0 aromatic heterocycles. The first-order valence-corrected chi connectivity index (χ1v) is 9.56. The van der Waals surface area contributed by atoms with Gasteiger partial charge in [0.2, 0.25) is 0 Å². The first-order chi connectivity index (χ1) is 14.5. The van der Waals surface area contributed by atoms with E-state index in [4.69, 9.17) is 18.9 Å². The van der Waals surface area contributed by atoms with Crippen molar-refractivity contribution in [2.45, 2.75) is 25.0 Å². The van der Waals surface area contributed by atoms with Crippen molar-refractivity contribution in [2.24, 2.45) is 0 Å². The monoisotopic (exact) mass is 418 g/mol. The number of aliphatic hydroxyl groups is 2. The minimum absolute atomic E-state index is 0.0255. The molecule has 0 radical (unpaired) electrons. The zero-order chi connectivity index (χ0) is 21.6.